The average molecular weight is 396 g/mol. The zero-order valence-corrected chi connectivity index (χ0v) is 16.5. The number of hydrogen-bond acceptors (Lipinski definition) is 2. The molecule has 0 N–H and O–H groups in total. The first kappa shape index (κ1) is 17.8. The van der Waals surface area contributed by atoms with Gasteiger partial charge in [-0.25, -0.2) is 0 Å². The summed E-state index contributed by atoms with van der Waals surface area (Å²) in [5, 5.41) is 1.55. The van der Waals surface area contributed by atoms with Crippen molar-refractivity contribution in [2.24, 2.45) is 0 Å². The number of rotatable bonds is 2. The minimum atomic E-state index is 0.0586. The van der Waals surface area contributed by atoms with Gasteiger partial charge in [0.1, 0.15) is 0 Å². The van der Waals surface area contributed by atoms with Crippen molar-refractivity contribution in [3.63, 3.8) is 0 Å². The molecule has 5 rings (SSSR count). The number of benzene rings is 3. The molecule has 2 nitrogen and oxygen atoms in total. The summed E-state index contributed by atoms with van der Waals surface area (Å²) in [6.45, 7) is 0. The van der Waals surface area contributed by atoms with E-state index in [4.69, 9.17) is 16.6 Å². The molecule has 1 aliphatic rings. The Hall–Kier alpha value is -3.23. The van der Waals surface area contributed by atoms with Crippen LogP contribution in [0.1, 0.15) is 28.0 Å². The van der Waals surface area contributed by atoms with Crippen LogP contribution in [0.3, 0.4) is 0 Å². The fraction of sp³-hybridized carbons (Fsp3) is 0.0769. The molecule has 0 unspecified atom stereocenters. The zero-order valence-electron chi connectivity index (χ0n) is 15.7. The van der Waals surface area contributed by atoms with Crippen molar-refractivity contribution >= 4 is 34.4 Å². The summed E-state index contributed by atoms with van der Waals surface area (Å²) in [6, 6.07) is 25.7. The van der Waals surface area contributed by atoms with Gasteiger partial charge in [0.15, 0.2) is 5.78 Å². The van der Waals surface area contributed by atoms with Gasteiger partial charge in [0.25, 0.3) is 0 Å². The van der Waals surface area contributed by atoms with E-state index in [1.165, 1.54) is 0 Å². The van der Waals surface area contributed by atoms with Gasteiger partial charge in [-0.2, -0.15) is 0 Å². The van der Waals surface area contributed by atoms with Crippen molar-refractivity contribution < 1.29 is 4.79 Å². The van der Waals surface area contributed by atoms with Crippen LogP contribution in [0.2, 0.25) is 5.02 Å². The third-order valence-corrected chi connectivity index (χ3v) is 5.61. The van der Waals surface area contributed by atoms with Crippen molar-refractivity contribution in [3.05, 3.63) is 106 Å². The summed E-state index contributed by atoms with van der Waals surface area (Å²) in [5.74, 6) is 0.0586. The molecule has 0 saturated carbocycles. The molecule has 1 aliphatic carbocycles. The Labute approximate surface area is 174 Å². The number of ketones is 1. The summed E-state index contributed by atoms with van der Waals surface area (Å²) < 4.78 is 0. The average Bonchev–Trinajstić information content (AvgIpc) is 2.76. The number of hydrogen-bond donors (Lipinski definition) is 0. The van der Waals surface area contributed by atoms with Gasteiger partial charge in [0, 0.05) is 21.5 Å². The highest BCUT2D eigenvalue weighted by Crippen LogP contribution is 2.39. The molecule has 1 aromatic heterocycles. The van der Waals surface area contributed by atoms with Crippen molar-refractivity contribution in [2.45, 2.75) is 12.8 Å². The predicted molar refractivity (Wildman–Crippen MR) is 119 cm³/mol. The van der Waals surface area contributed by atoms with E-state index in [1.54, 1.807) is 0 Å². The van der Waals surface area contributed by atoms with Crippen LogP contribution in [0, 0.1) is 0 Å². The number of Topliss-reactive ketones (excluding diaryl/α,β-unsaturated/α-hetero) is 1. The summed E-state index contributed by atoms with van der Waals surface area (Å²) >= 11 is 6.31. The number of aromatic nitrogens is 1. The number of nitrogens with zero attached hydrogens (tertiary/aromatic N) is 1. The van der Waals surface area contributed by atoms with Crippen molar-refractivity contribution in [1.29, 1.82) is 0 Å². The van der Waals surface area contributed by atoms with E-state index in [0.717, 1.165) is 45.3 Å². The highest BCUT2D eigenvalue weighted by molar-refractivity contribution is 6.31. The van der Waals surface area contributed by atoms with E-state index in [-0.39, 0.29) is 5.78 Å². The van der Waals surface area contributed by atoms with E-state index < -0.39 is 0 Å². The number of halogens is 1. The zero-order chi connectivity index (χ0) is 19.8. The molecular weight excluding hydrogens is 378 g/mol. The summed E-state index contributed by atoms with van der Waals surface area (Å²) in [5.41, 5.74) is 6.24. The smallest absolute Gasteiger partial charge is 0.191 e. The SMILES string of the molecule is O=C1/C(=C\c2ccccc2)CCc2nc3ccc(Cl)cc3c(-c3ccccc3)c21. The van der Waals surface area contributed by atoms with Crippen LogP contribution in [0.5, 0.6) is 0 Å². The first-order chi connectivity index (χ1) is 14.2. The Bertz CT molecular complexity index is 1260. The lowest BCUT2D eigenvalue weighted by Crippen LogP contribution is -2.17. The number of aryl methyl sites for hydroxylation is 1. The maximum absolute atomic E-state index is 13.6. The lowest BCUT2D eigenvalue weighted by Gasteiger charge is -2.22. The number of fused-ring (bicyclic) bond motifs is 2. The number of carbonyl (C=O) groups is 1. The highest BCUT2D eigenvalue weighted by atomic mass is 35.5. The molecule has 4 aromatic rings. The number of pyridine rings is 1. The summed E-state index contributed by atoms with van der Waals surface area (Å²) in [4.78, 5) is 18.4. The molecule has 0 radical (unpaired) electrons. The number of carbonyl (C=O) groups excluding carboxylic acids is 1. The van der Waals surface area contributed by atoms with Gasteiger partial charge in [0.2, 0.25) is 0 Å². The third-order valence-electron chi connectivity index (χ3n) is 5.37. The minimum absolute atomic E-state index is 0.0586. The van der Waals surface area contributed by atoms with Crippen LogP contribution in [-0.4, -0.2) is 10.8 Å². The molecule has 0 saturated heterocycles. The lowest BCUT2D eigenvalue weighted by molar-refractivity contribution is 0.102. The summed E-state index contributed by atoms with van der Waals surface area (Å²) in [6.07, 6.45) is 3.45. The Morgan fingerprint density at radius 3 is 2.31 bits per heavy atom. The van der Waals surface area contributed by atoms with Gasteiger partial charge in [0.05, 0.1) is 16.8 Å². The maximum atomic E-state index is 13.6. The largest absolute Gasteiger partial charge is 0.289 e. The van der Waals surface area contributed by atoms with Crippen LogP contribution in [0.4, 0.5) is 0 Å². The second-order valence-corrected chi connectivity index (χ2v) is 7.68. The van der Waals surface area contributed by atoms with Gasteiger partial charge in [-0.3, -0.25) is 9.78 Å². The topological polar surface area (TPSA) is 30.0 Å². The Morgan fingerprint density at radius 1 is 0.828 bits per heavy atom. The van der Waals surface area contributed by atoms with Crippen LogP contribution >= 0.6 is 11.6 Å². The van der Waals surface area contributed by atoms with Gasteiger partial charge in [-0.1, -0.05) is 72.3 Å². The molecule has 0 atom stereocenters. The molecule has 140 valence electrons. The highest BCUT2D eigenvalue weighted by Gasteiger charge is 2.28. The first-order valence-corrected chi connectivity index (χ1v) is 10.1. The Morgan fingerprint density at radius 2 is 1.55 bits per heavy atom. The maximum Gasteiger partial charge on any atom is 0.191 e. The van der Waals surface area contributed by atoms with Crippen LogP contribution < -0.4 is 0 Å². The van der Waals surface area contributed by atoms with Crippen LogP contribution in [-0.2, 0) is 6.42 Å². The van der Waals surface area contributed by atoms with Crippen molar-refractivity contribution in [2.75, 3.05) is 0 Å². The Balaban J connectivity index is 1.77. The predicted octanol–water partition coefficient (Wildman–Crippen LogP) is 6.77. The number of allylic oxidation sites excluding steroid dienone is 1. The molecule has 3 heteroatoms. The fourth-order valence-corrected chi connectivity index (χ4v) is 4.20. The van der Waals surface area contributed by atoms with Crippen molar-refractivity contribution in [3.8, 4) is 11.1 Å². The van der Waals surface area contributed by atoms with Gasteiger partial charge < -0.3 is 0 Å². The van der Waals surface area contributed by atoms with E-state index in [2.05, 4.69) is 0 Å². The second kappa shape index (κ2) is 7.31. The molecule has 0 amide bonds. The van der Waals surface area contributed by atoms with E-state index in [9.17, 15) is 4.79 Å². The summed E-state index contributed by atoms with van der Waals surface area (Å²) in [7, 11) is 0. The first-order valence-electron chi connectivity index (χ1n) is 9.68. The molecule has 29 heavy (non-hydrogen) atoms. The molecule has 0 aliphatic heterocycles. The monoisotopic (exact) mass is 395 g/mol. The Kier molecular flexibility index (Phi) is 4.49. The van der Waals surface area contributed by atoms with E-state index >= 15 is 0 Å². The minimum Gasteiger partial charge on any atom is -0.289 e. The quantitative estimate of drug-likeness (QED) is 0.350. The normalized spacial score (nSPS) is 14.9. The van der Waals surface area contributed by atoms with Gasteiger partial charge in [-0.05, 0) is 48.2 Å². The second-order valence-electron chi connectivity index (χ2n) is 7.25. The van der Waals surface area contributed by atoms with Crippen LogP contribution in [0.15, 0.2) is 84.4 Å². The molecule has 0 fully saturated rings. The van der Waals surface area contributed by atoms with Gasteiger partial charge in [-0.15, -0.1) is 0 Å². The molecule has 3 aromatic carbocycles. The van der Waals surface area contributed by atoms with Gasteiger partial charge >= 0.3 is 0 Å². The molecular formula is C26H18ClNO. The lowest BCUT2D eigenvalue weighted by atomic mass is 9.83. The fourth-order valence-electron chi connectivity index (χ4n) is 4.03. The van der Waals surface area contributed by atoms with E-state index in [0.29, 0.717) is 17.0 Å². The third kappa shape index (κ3) is 3.26. The van der Waals surface area contributed by atoms with E-state index in [1.807, 2.05) is 84.9 Å². The standard InChI is InChI=1S/C26H18ClNO/c27-20-12-14-22-21(16-20)24(18-9-5-2-6-10-18)25-23(28-22)13-11-19(26(25)29)15-17-7-3-1-4-8-17/h1-10,12,14-16H,11,13H2/b19-15-. The van der Waals surface area contributed by atoms with Crippen molar-refractivity contribution in [1.82, 2.24) is 4.98 Å². The van der Waals surface area contributed by atoms with Crippen LogP contribution in [0.25, 0.3) is 28.1 Å². The molecule has 0 spiro atoms. The molecule has 1 heterocycles. The molecule has 0 bridgehead atoms.